The number of ether oxygens (including phenoxy) is 1. The molecule has 0 aromatic heterocycles. The maximum absolute atomic E-state index is 12.1. The van der Waals surface area contributed by atoms with Gasteiger partial charge in [-0.3, -0.25) is 0 Å². The molecule has 0 aliphatic carbocycles. The molecule has 0 fully saturated rings. The van der Waals surface area contributed by atoms with Gasteiger partial charge in [0, 0.05) is 19.7 Å². The van der Waals surface area contributed by atoms with Crippen LogP contribution in [0.3, 0.4) is 0 Å². The molecule has 2 aromatic rings. The minimum absolute atomic E-state index is 0.124. The number of benzene rings is 2. The molecule has 2 aromatic carbocycles. The number of urea groups is 1. The van der Waals surface area contributed by atoms with Crippen LogP contribution in [0, 0.1) is 0 Å². The SMILES string of the molecule is COCc1ccccc1CNC(=O)NC(C)CCc1ccccc1. The Labute approximate surface area is 144 Å². The first-order valence-electron chi connectivity index (χ1n) is 8.33. The van der Waals surface area contributed by atoms with Crippen molar-refractivity contribution in [3.8, 4) is 0 Å². The van der Waals surface area contributed by atoms with Gasteiger partial charge >= 0.3 is 6.03 Å². The smallest absolute Gasteiger partial charge is 0.315 e. The van der Waals surface area contributed by atoms with Crippen molar-refractivity contribution in [2.45, 2.75) is 39.0 Å². The lowest BCUT2D eigenvalue weighted by molar-refractivity contribution is 0.184. The van der Waals surface area contributed by atoms with Crippen LogP contribution in [-0.2, 0) is 24.3 Å². The van der Waals surface area contributed by atoms with Gasteiger partial charge in [0.1, 0.15) is 0 Å². The summed E-state index contributed by atoms with van der Waals surface area (Å²) < 4.78 is 5.19. The van der Waals surface area contributed by atoms with E-state index in [1.54, 1.807) is 7.11 Å². The summed E-state index contributed by atoms with van der Waals surface area (Å²) in [4.78, 5) is 12.1. The molecule has 1 atom stereocenters. The average molecular weight is 326 g/mol. The number of carbonyl (C=O) groups excluding carboxylic acids is 1. The van der Waals surface area contributed by atoms with Gasteiger partial charge in [0.05, 0.1) is 6.61 Å². The predicted octanol–water partition coefficient (Wildman–Crippen LogP) is 3.65. The Morgan fingerprint density at radius 3 is 2.42 bits per heavy atom. The summed E-state index contributed by atoms with van der Waals surface area (Å²) in [5.74, 6) is 0. The zero-order chi connectivity index (χ0) is 17.2. The molecule has 0 saturated heterocycles. The Bertz CT molecular complexity index is 629. The van der Waals surface area contributed by atoms with Crippen molar-refractivity contribution in [2.75, 3.05) is 7.11 Å². The first-order chi connectivity index (χ1) is 11.7. The van der Waals surface area contributed by atoms with E-state index in [0.717, 1.165) is 24.0 Å². The van der Waals surface area contributed by atoms with Gasteiger partial charge in [0.15, 0.2) is 0 Å². The van der Waals surface area contributed by atoms with Gasteiger partial charge in [-0.1, -0.05) is 54.6 Å². The summed E-state index contributed by atoms with van der Waals surface area (Å²) in [6.45, 7) is 3.07. The van der Waals surface area contributed by atoms with Crippen molar-refractivity contribution >= 4 is 6.03 Å². The van der Waals surface area contributed by atoms with Crippen LogP contribution in [0.4, 0.5) is 4.79 Å². The average Bonchev–Trinajstić information content (AvgIpc) is 2.60. The van der Waals surface area contributed by atoms with E-state index in [1.807, 2.05) is 49.4 Å². The first kappa shape index (κ1) is 18.0. The summed E-state index contributed by atoms with van der Waals surface area (Å²) in [6.07, 6.45) is 1.87. The molecule has 0 aliphatic heterocycles. The minimum Gasteiger partial charge on any atom is -0.380 e. The molecular weight excluding hydrogens is 300 g/mol. The molecule has 128 valence electrons. The molecule has 0 spiro atoms. The molecule has 24 heavy (non-hydrogen) atoms. The van der Waals surface area contributed by atoms with E-state index in [9.17, 15) is 4.79 Å². The lowest BCUT2D eigenvalue weighted by atomic mass is 10.1. The molecule has 0 heterocycles. The van der Waals surface area contributed by atoms with E-state index in [2.05, 4.69) is 22.8 Å². The Balaban J connectivity index is 1.74. The Hall–Kier alpha value is -2.33. The van der Waals surface area contributed by atoms with Crippen molar-refractivity contribution in [1.82, 2.24) is 10.6 Å². The zero-order valence-electron chi connectivity index (χ0n) is 14.4. The number of carbonyl (C=O) groups is 1. The third kappa shape index (κ3) is 6.05. The van der Waals surface area contributed by atoms with Crippen molar-refractivity contribution < 1.29 is 9.53 Å². The van der Waals surface area contributed by atoms with Gasteiger partial charge < -0.3 is 15.4 Å². The summed E-state index contributed by atoms with van der Waals surface area (Å²) in [5, 5.41) is 5.91. The highest BCUT2D eigenvalue weighted by Gasteiger charge is 2.08. The van der Waals surface area contributed by atoms with Crippen LogP contribution >= 0.6 is 0 Å². The molecule has 0 aliphatic rings. The zero-order valence-corrected chi connectivity index (χ0v) is 14.4. The summed E-state index contributed by atoms with van der Waals surface area (Å²) in [5.41, 5.74) is 3.46. The van der Waals surface area contributed by atoms with Gasteiger partial charge in [-0.05, 0) is 36.5 Å². The quantitative estimate of drug-likeness (QED) is 0.778. The van der Waals surface area contributed by atoms with Crippen LogP contribution in [0.2, 0.25) is 0 Å². The van der Waals surface area contributed by atoms with Crippen LogP contribution in [0.5, 0.6) is 0 Å². The number of rotatable bonds is 8. The summed E-state index contributed by atoms with van der Waals surface area (Å²) in [7, 11) is 1.67. The lowest BCUT2D eigenvalue weighted by Gasteiger charge is -2.15. The number of nitrogens with one attached hydrogen (secondary N) is 2. The highest BCUT2D eigenvalue weighted by molar-refractivity contribution is 5.74. The summed E-state index contributed by atoms with van der Waals surface area (Å²) in [6, 6.07) is 18.3. The van der Waals surface area contributed by atoms with E-state index in [1.165, 1.54) is 5.56 Å². The fraction of sp³-hybridized carbons (Fsp3) is 0.350. The van der Waals surface area contributed by atoms with Crippen molar-refractivity contribution in [2.24, 2.45) is 0 Å². The molecule has 2 amide bonds. The number of aryl methyl sites for hydroxylation is 1. The highest BCUT2D eigenvalue weighted by Crippen LogP contribution is 2.09. The molecule has 1 unspecified atom stereocenters. The Kier molecular flexibility index (Phi) is 7.30. The summed E-state index contributed by atoms with van der Waals surface area (Å²) >= 11 is 0. The maximum atomic E-state index is 12.1. The third-order valence-electron chi connectivity index (χ3n) is 3.94. The number of hydrogen-bond donors (Lipinski definition) is 2. The largest absolute Gasteiger partial charge is 0.380 e. The Morgan fingerprint density at radius 1 is 1.04 bits per heavy atom. The monoisotopic (exact) mass is 326 g/mol. The number of amides is 2. The molecule has 2 N–H and O–H groups in total. The van der Waals surface area contributed by atoms with Crippen molar-refractivity contribution in [3.63, 3.8) is 0 Å². The van der Waals surface area contributed by atoms with Crippen LogP contribution in [0.15, 0.2) is 54.6 Å². The third-order valence-corrected chi connectivity index (χ3v) is 3.94. The van der Waals surface area contributed by atoms with E-state index in [-0.39, 0.29) is 12.1 Å². The predicted molar refractivity (Wildman–Crippen MR) is 96.8 cm³/mol. The first-order valence-corrected chi connectivity index (χ1v) is 8.33. The maximum Gasteiger partial charge on any atom is 0.315 e. The van der Waals surface area contributed by atoms with Crippen LogP contribution in [-0.4, -0.2) is 19.2 Å². The normalized spacial score (nSPS) is 11.8. The van der Waals surface area contributed by atoms with Gasteiger partial charge in [-0.15, -0.1) is 0 Å². The molecule has 0 bridgehead atoms. The van der Waals surface area contributed by atoms with Gasteiger partial charge in [0.25, 0.3) is 0 Å². The van der Waals surface area contributed by atoms with Crippen molar-refractivity contribution in [3.05, 3.63) is 71.3 Å². The van der Waals surface area contributed by atoms with E-state index < -0.39 is 0 Å². The second-order valence-electron chi connectivity index (χ2n) is 5.95. The topological polar surface area (TPSA) is 50.4 Å². The molecule has 4 heteroatoms. The number of methoxy groups -OCH3 is 1. The Morgan fingerprint density at radius 2 is 1.71 bits per heavy atom. The van der Waals surface area contributed by atoms with E-state index >= 15 is 0 Å². The van der Waals surface area contributed by atoms with E-state index in [0.29, 0.717) is 13.2 Å². The number of hydrogen-bond acceptors (Lipinski definition) is 2. The fourth-order valence-corrected chi connectivity index (χ4v) is 2.58. The van der Waals surface area contributed by atoms with Gasteiger partial charge in [-0.2, -0.15) is 0 Å². The van der Waals surface area contributed by atoms with Gasteiger partial charge in [-0.25, -0.2) is 4.79 Å². The molecule has 4 nitrogen and oxygen atoms in total. The molecule has 0 radical (unpaired) electrons. The standard InChI is InChI=1S/C20H26N2O2/c1-16(12-13-17-8-4-3-5-9-17)22-20(23)21-14-18-10-6-7-11-19(18)15-24-2/h3-11,16H,12-15H2,1-2H3,(H2,21,22,23). The van der Waals surface area contributed by atoms with Gasteiger partial charge in [0.2, 0.25) is 0 Å². The second kappa shape index (κ2) is 9.73. The molecule has 0 saturated carbocycles. The van der Waals surface area contributed by atoms with E-state index in [4.69, 9.17) is 4.74 Å². The molecule has 2 rings (SSSR count). The van der Waals surface area contributed by atoms with Crippen molar-refractivity contribution in [1.29, 1.82) is 0 Å². The highest BCUT2D eigenvalue weighted by atomic mass is 16.5. The molecular formula is C20H26N2O2. The van der Waals surface area contributed by atoms with Crippen LogP contribution < -0.4 is 10.6 Å². The van der Waals surface area contributed by atoms with Crippen LogP contribution in [0.25, 0.3) is 0 Å². The lowest BCUT2D eigenvalue weighted by Crippen LogP contribution is -2.40. The van der Waals surface area contributed by atoms with Crippen LogP contribution in [0.1, 0.15) is 30.0 Å². The minimum atomic E-state index is -0.136. The fourth-order valence-electron chi connectivity index (χ4n) is 2.58. The second-order valence-corrected chi connectivity index (χ2v) is 5.95.